The maximum absolute atomic E-state index is 14.0. The van der Waals surface area contributed by atoms with Crippen molar-refractivity contribution in [1.29, 1.82) is 0 Å². The number of hydrogen-bond acceptors (Lipinski definition) is 4. The molecule has 0 aliphatic carbocycles. The third kappa shape index (κ3) is 2.73. The van der Waals surface area contributed by atoms with Gasteiger partial charge in [-0.2, -0.15) is 0 Å². The smallest absolute Gasteiger partial charge is 0.329 e. The summed E-state index contributed by atoms with van der Waals surface area (Å²) in [4.78, 5) is 24.2. The lowest BCUT2D eigenvalue weighted by molar-refractivity contribution is -0.143. The molecule has 1 aromatic heterocycles. The predicted octanol–water partition coefficient (Wildman–Crippen LogP) is 2.85. The van der Waals surface area contributed by atoms with Gasteiger partial charge in [0.1, 0.15) is 17.7 Å². The zero-order valence-corrected chi connectivity index (χ0v) is 14.0. The summed E-state index contributed by atoms with van der Waals surface area (Å²) in [6, 6.07) is 4.39. The number of carbonyl (C=O) groups is 1. The molecule has 2 heterocycles. The number of fused-ring (bicyclic) bond motifs is 1. The van der Waals surface area contributed by atoms with Crippen LogP contribution in [0.25, 0.3) is 0 Å². The molecule has 0 amide bonds. The number of aromatic nitrogens is 1. The lowest BCUT2D eigenvalue weighted by atomic mass is 10.0. The van der Waals surface area contributed by atoms with Crippen LogP contribution < -0.4 is 5.56 Å². The van der Waals surface area contributed by atoms with Crippen molar-refractivity contribution in [2.75, 3.05) is 12.9 Å². The van der Waals surface area contributed by atoms with E-state index < -0.39 is 23.6 Å². The Kier molecular flexibility index (Phi) is 4.45. The molecule has 2 aromatic rings. The Morgan fingerprint density at radius 1 is 1.33 bits per heavy atom. The first-order chi connectivity index (χ1) is 11.4. The fourth-order valence-electron chi connectivity index (χ4n) is 2.84. The van der Waals surface area contributed by atoms with Gasteiger partial charge < -0.3 is 4.74 Å². The molecular weight excluding hydrogens is 336 g/mol. The van der Waals surface area contributed by atoms with Crippen molar-refractivity contribution in [3.05, 3.63) is 62.9 Å². The van der Waals surface area contributed by atoms with Crippen LogP contribution in [0.2, 0.25) is 0 Å². The molecule has 0 N–H and O–H groups in total. The molecule has 1 aromatic carbocycles. The van der Waals surface area contributed by atoms with Gasteiger partial charge in [0.05, 0.1) is 12.1 Å². The Hall–Kier alpha value is -2.15. The maximum Gasteiger partial charge on any atom is 0.329 e. The first-order valence-electron chi connectivity index (χ1n) is 7.32. The number of carbonyl (C=O) groups excluding carboxylic acids is 1. The van der Waals surface area contributed by atoms with E-state index in [4.69, 9.17) is 4.74 Å². The monoisotopic (exact) mass is 351 g/mol. The van der Waals surface area contributed by atoms with Crippen molar-refractivity contribution in [1.82, 2.24) is 4.57 Å². The van der Waals surface area contributed by atoms with Crippen molar-refractivity contribution in [3.8, 4) is 0 Å². The molecule has 3 rings (SSSR count). The Labute approximate surface area is 141 Å². The van der Waals surface area contributed by atoms with Crippen LogP contribution in [-0.2, 0) is 16.0 Å². The lowest BCUT2D eigenvalue weighted by Crippen LogP contribution is -2.30. The molecule has 0 radical (unpaired) electrons. The summed E-state index contributed by atoms with van der Waals surface area (Å²) < 4.78 is 34.0. The van der Waals surface area contributed by atoms with E-state index in [1.165, 1.54) is 47.7 Å². The van der Waals surface area contributed by atoms with Crippen molar-refractivity contribution in [2.45, 2.75) is 24.4 Å². The number of pyridine rings is 1. The summed E-state index contributed by atoms with van der Waals surface area (Å²) in [6.07, 6.45) is 0.0147. The van der Waals surface area contributed by atoms with Gasteiger partial charge >= 0.3 is 5.97 Å². The van der Waals surface area contributed by atoms with Crippen LogP contribution in [0.15, 0.2) is 34.1 Å². The molecule has 1 unspecified atom stereocenters. The van der Waals surface area contributed by atoms with E-state index in [0.717, 1.165) is 0 Å². The number of halogens is 2. The average Bonchev–Trinajstić information content (AvgIpc) is 2.98. The zero-order valence-electron chi connectivity index (χ0n) is 13.1. The largest absolute Gasteiger partial charge is 0.467 e. The quantitative estimate of drug-likeness (QED) is 0.798. The second-order valence-corrected chi connectivity index (χ2v) is 6.55. The number of aryl methyl sites for hydroxylation is 1. The standard InChI is InChI=1S/C17H15F2NO3S/c1-9-6-15(21)20-14(17(22)23-2)8-24-16(20)10(9)7-11-12(18)4-3-5-13(11)19/h3-6,14H,7-8H2,1-2H3. The summed E-state index contributed by atoms with van der Waals surface area (Å²) in [5.41, 5.74) is 0.923. The predicted molar refractivity (Wildman–Crippen MR) is 86.4 cm³/mol. The minimum atomic E-state index is -0.715. The van der Waals surface area contributed by atoms with Crippen molar-refractivity contribution < 1.29 is 18.3 Å². The third-order valence-corrected chi connectivity index (χ3v) is 5.31. The van der Waals surface area contributed by atoms with Gasteiger partial charge in [0.15, 0.2) is 0 Å². The molecule has 126 valence electrons. The third-order valence-electron chi connectivity index (χ3n) is 4.11. The van der Waals surface area contributed by atoms with Crippen LogP contribution in [0.3, 0.4) is 0 Å². The summed E-state index contributed by atoms with van der Waals surface area (Å²) >= 11 is 1.32. The molecule has 1 atom stereocenters. The van der Waals surface area contributed by atoms with Crippen LogP contribution in [0.5, 0.6) is 0 Å². The molecule has 7 heteroatoms. The Morgan fingerprint density at radius 2 is 2.00 bits per heavy atom. The molecule has 0 bridgehead atoms. The summed E-state index contributed by atoms with van der Waals surface area (Å²) in [5.74, 6) is -1.41. The minimum absolute atomic E-state index is 0.0147. The fourth-order valence-corrected chi connectivity index (χ4v) is 4.21. The van der Waals surface area contributed by atoms with Crippen LogP contribution in [-0.4, -0.2) is 23.4 Å². The van der Waals surface area contributed by atoms with Crippen LogP contribution >= 0.6 is 11.8 Å². The number of nitrogens with zero attached hydrogens (tertiary/aromatic N) is 1. The van der Waals surface area contributed by atoms with E-state index in [9.17, 15) is 18.4 Å². The normalized spacial score (nSPS) is 16.1. The van der Waals surface area contributed by atoms with E-state index in [2.05, 4.69) is 0 Å². The SMILES string of the molecule is COC(=O)C1CSc2c(Cc3c(F)cccc3F)c(C)cc(=O)n21. The van der Waals surface area contributed by atoms with Crippen LogP contribution in [0, 0.1) is 18.6 Å². The second kappa shape index (κ2) is 6.39. The van der Waals surface area contributed by atoms with Crippen LogP contribution in [0.4, 0.5) is 8.78 Å². The molecule has 0 saturated carbocycles. The number of rotatable bonds is 3. The summed E-state index contributed by atoms with van der Waals surface area (Å²) in [5, 5.41) is 0.568. The highest BCUT2D eigenvalue weighted by Crippen LogP contribution is 2.37. The van der Waals surface area contributed by atoms with Crippen molar-refractivity contribution in [2.24, 2.45) is 0 Å². The Bertz CT molecular complexity index is 859. The van der Waals surface area contributed by atoms with Crippen molar-refractivity contribution in [3.63, 3.8) is 0 Å². The average molecular weight is 351 g/mol. The molecule has 24 heavy (non-hydrogen) atoms. The number of esters is 1. The van der Waals surface area contributed by atoms with Crippen molar-refractivity contribution >= 4 is 17.7 Å². The van der Waals surface area contributed by atoms with E-state index >= 15 is 0 Å². The maximum atomic E-state index is 14.0. The highest BCUT2D eigenvalue weighted by Gasteiger charge is 2.33. The Balaban J connectivity index is 2.12. The molecule has 0 fully saturated rings. The molecule has 0 saturated heterocycles. The van der Waals surface area contributed by atoms with Gasteiger partial charge in [0, 0.05) is 23.8 Å². The second-order valence-electron chi connectivity index (χ2n) is 5.55. The number of ether oxygens (including phenoxy) is 1. The molecule has 0 spiro atoms. The van der Waals surface area contributed by atoms with Gasteiger partial charge in [0.25, 0.3) is 5.56 Å². The molecule has 1 aliphatic rings. The van der Waals surface area contributed by atoms with E-state index in [1.807, 2.05) is 0 Å². The van der Waals surface area contributed by atoms with Gasteiger partial charge in [-0.25, -0.2) is 13.6 Å². The number of hydrogen-bond donors (Lipinski definition) is 0. The topological polar surface area (TPSA) is 48.3 Å². The van der Waals surface area contributed by atoms with E-state index in [-0.39, 0.29) is 17.5 Å². The highest BCUT2D eigenvalue weighted by molar-refractivity contribution is 7.99. The van der Waals surface area contributed by atoms with E-state index in [1.54, 1.807) is 6.92 Å². The van der Waals surface area contributed by atoms with Crippen LogP contribution in [0.1, 0.15) is 22.7 Å². The van der Waals surface area contributed by atoms with Gasteiger partial charge in [-0.05, 0) is 30.2 Å². The first kappa shape index (κ1) is 16.7. The van der Waals surface area contributed by atoms with Gasteiger partial charge in [-0.1, -0.05) is 6.07 Å². The Morgan fingerprint density at radius 3 is 2.62 bits per heavy atom. The lowest BCUT2D eigenvalue weighted by Gasteiger charge is -2.16. The number of benzene rings is 1. The highest BCUT2D eigenvalue weighted by atomic mass is 32.2. The molecule has 1 aliphatic heterocycles. The van der Waals surface area contributed by atoms with Gasteiger partial charge in [0.2, 0.25) is 0 Å². The summed E-state index contributed by atoms with van der Waals surface area (Å²) in [6.45, 7) is 1.72. The molecular formula is C17H15F2NO3S. The van der Waals surface area contributed by atoms with Gasteiger partial charge in [-0.3, -0.25) is 9.36 Å². The summed E-state index contributed by atoms with van der Waals surface area (Å²) in [7, 11) is 1.26. The van der Waals surface area contributed by atoms with E-state index in [0.29, 0.717) is 21.9 Å². The zero-order chi connectivity index (χ0) is 17.4. The molecule has 4 nitrogen and oxygen atoms in total. The van der Waals surface area contributed by atoms with Gasteiger partial charge in [-0.15, -0.1) is 11.8 Å². The minimum Gasteiger partial charge on any atom is -0.467 e. The first-order valence-corrected chi connectivity index (χ1v) is 8.31. The number of thioether (sulfide) groups is 1. The number of methoxy groups -OCH3 is 1. The fraction of sp³-hybridized carbons (Fsp3) is 0.294.